The number of hydrogen-bond donors (Lipinski definition) is 2. The predicted octanol–water partition coefficient (Wildman–Crippen LogP) is 1.97. The van der Waals surface area contributed by atoms with Crippen LogP contribution in [0.1, 0.15) is 51.1 Å². The van der Waals surface area contributed by atoms with Gasteiger partial charge in [-0.25, -0.2) is 0 Å². The predicted molar refractivity (Wildman–Crippen MR) is 75.8 cm³/mol. The Kier molecular flexibility index (Phi) is 4.24. The molecule has 1 aromatic rings. The number of aromatic nitrogens is 2. The Hall–Kier alpha value is -1.36. The van der Waals surface area contributed by atoms with Crippen LogP contribution in [-0.2, 0) is 18.3 Å². The summed E-state index contributed by atoms with van der Waals surface area (Å²) in [4.78, 5) is 12.1. The molecule has 5 heteroatoms. The van der Waals surface area contributed by atoms with Crippen LogP contribution in [0.4, 0.5) is 5.69 Å². The molecule has 0 radical (unpaired) electrons. The first-order chi connectivity index (χ1) is 9.02. The summed E-state index contributed by atoms with van der Waals surface area (Å²) < 4.78 is 1.73. The molecule has 1 fully saturated rings. The minimum absolute atomic E-state index is 0.00657. The molecule has 0 aromatic carbocycles. The number of carbonyl (C=O) groups is 1. The summed E-state index contributed by atoms with van der Waals surface area (Å²) in [7, 11) is 1.86. The summed E-state index contributed by atoms with van der Waals surface area (Å²) in [6.07, 6.45) is 8.48. The van der Waals surface area contributed by atoms with Crippen molar-refractivity contribution in [3.05, 3.63) is 11.9 Å². The third kappa shape index (κ3) is 3.56. The van der Waals surface area contributed by atoms with Crippen LogP contribution in [0.2, 0.25) is 0 Å². The molecule has 0 unspecified atom stereocenters. The second kappa shape index (κ2) is 5.74. The molecule has 0 bridgehead atoms. The van der Waals surface area contributed by atoms with Gasteiger partial charge in [0.1, 0.15) is 0 Å². The normalized spacial score (nSPS) is 18.3. The quantitative estimate of drug-likeness (QED) is 0.873. The number of nitrogens with one attached hydrogen (secondary N) is 1. The number of rotatable bonds is 4. The molecule has 0 spiro atoms. The lowest BCUT2D eigenvalue weighted by atomic mass is 9.80. The fourth-order valence-electron chi connectivity index (χ4n) is 2.85. The number of nitrogens with zero attached hydrogens (tertiary/aromatic N) is 2. The van der Waals surface area contributed by atoms with Crippen LogP contribution in [-0.4, -0.2) is 21.2 Å². The SMILES string of the molecule is CCc1nn(C)cc1NC(=O)CC1(N)CCCCC1. The van der Waals surface area contributed by atoms with Crippen LogP contribution < -0.4 is 11.1 Å². The van der Waals surface area contributed by atoms with E-state index in [1.807, 2.05) is 20.2 Å². The van der Waals surface area contributed by atoms with Crippen LogP contribution in [0, 0.1) is 0 Å². The number of anilines is 1. The van der Waals surface area contributed by atoms with Gasteiger partial charge in [-0.3, -0.25) is 9.48 Å². The smallest absolute Gasteiger partial charge is 0.226 e. The van der Waals surface area contributed by atoms with E-state index >= 15 is 0 Å². The molecule has 5 nitrogen and oxygen atoms in total. The van der Waals surface area contributed by atoms with Gasteiger partial charge >= 0.3 is 0 Å². The van der Waals surface area contributed by atoms with E-state index in [1.165, 1.54) is 6.42 Å². The highest BCUT2D eigenvalue weighted by Crippen LogP contribution is 2.29. The van der Waals surface area contributed by atoms with E-state index in [0.29, 0.717) is 6.42 Å². The maximum Gasteiger partial charge on any atom is 0.226 e. The van der Waals surface area contributed by atoms with Crippen molar-refractivity contribution >= 4 is 11.6 Å². The van der Waals surface area contributed by atoms with Crippen LogP contribution in [0.5, 0.6) is 0 Å². The van der Waals surface area contributed by atoms with Crippen LogP contribution in [0.3, 0.4) is 0 Å². The molecule has 0 aliphatic heterocycles. The van der Waals surface area contributed by atoms with Crippen LogP contribution >= 0.6 is 0 Å². The molecular formula is C14H24N4O. The summed E-state index contributed by atoms with van der Waals surface area (Å²) in [5.74, 6) is 0.00657. The molecule has 0 saturated heterocycles. The first kappa shape index (κ1) is 14.1. The largest absolute Gasteiger partial charge is 0.325 e. The van der Waals surface area contributed by atoms with Crippen molar-refractivity contribution in [2.24, 2.45) is 12.8 Å². The molecule has 3 N–H and O–H groups in total. The standard InChI is InChI=1S/C14H24N4O/c1-3-11-12(10-18(2)17-11)16-13(19)9-14(15)7-5-4-6-8-14/h10H,3-9,15H2,1-2H3,(H,16,19). The van der Waals surface area contributed by atoms with Crippen LogP contribution in [0.25, 0.3) is 0 Å². The molecule has 2 rings (SSSR count). The van der Waals surface area contributed by atoms with Gasteiger partial charge in [0.2, 0.25) is 5.91 Å². The molecule has 1 heterocycles. The van der Waals surface area contributed by atoms with Gasteiger partial charge in [0.15, 0.2) is 0 Å². The third-order valence-corrected chi connectivity index (χ3v) is 3.88. The third-order valence-electron chi connectivity index (χ3n) is 3.88. The Morgan fingerprint density at radius 2 is 2.16 bits per heavy atom. The average molecular weight is 264 g/mol. The fourth-order valence-corrected chi connectivity index (χ4v) is 2.85. The molecule has 106 valence electrons. The van der Waals surface area contributed by atoms with Gasteiger partial charge < -0.3 is 11.1 Å². The summed E-state index contributed by atoms with van der Waals surface area (Å²) in [5, 5.41) is 7.27. The number of amides is 1. The van der Waals surface area contributed by atoms with Crippen molar-refractivity contribution in [2.75, 3.05) is 5.32 Å². The van der Waals surface area contributed by atoms with E-state index in [0.717, 1.165) is 43.5 Å². The molecule has 1 aliphatic rings. The van der Waals surface area contributed by atoms with E-state index in [-0.39, 0.29) is 11.4 Å². The van der Waals surface area contributed by atoms with Crippen molar-refractivity contribution in [1.29, 1.82) is 0 Å². The van der Waals surface area contributed by atoms with Gasteiger partial charge in [0.25, 0.3) is 0 Å². The topological polar surface area (TPSA) is 72.9 Å². The van der Waals surface area contributed by atoms with E-state index in [9.17, 15) is 4.79 Å². The summed E-state index contributed by atoms with van der Waals surface area (Å²) in [5.41, 5.74) is 7.74. The van der Waals surface area contributed by atoms with Gasteiger partial charge in [-0.2, -0.15) is 5.10 Å². The zero-order chi connectivity index (χ0) is 13.9. The van der Waals surface area contributed by atoms with Crippen LogP contribution in [0.15, 0.2) is 6.20 Å². The van der Waals surface area contributed by atoms with Gasteiger partial charge in [-0.1, -0.05) is 26.2 Å². The minimum Gasteiger partial charge on any atom is -0.325 e. The zero-order valence-electron chi connectivity index (χ0n) is 11.9. The zero-order valence-corrected chi connectivity index (χ0v) is 11.9. The van der Waals surface area contributed by atoms with Crippen molar-refractivity contribution in [2.45, 2.75) is 57.4 Å². The Bertz CT molecular complexity index is 446. The van der Waals surface area contributed by atoms with E-state index in [1.54, 1.807) is 4.68 Å². The maximum atomic E-state index is 12.1. The summed E-state index contributed by atoms with van der Waals surface area (Å²) in [6.45, 7) is 2.03. The molecule has 1 aliphatic carbocycles. The Balaban J connectivity index is 1.97. The first-order valence-corrected chi connectivity index (χ1v) is 7.14. The summed E-state index contributed by atoms with van der Waals surface area (Å²) in [6, 6.07) is 0. The van der Waals surface area contributed by atoms with Gasteiger partial charge in [-0.15, -0.1) is 0 Å². The lowest BCUT2D eigenvalue weighted by Gasteiger charge is -2.32. The lowest BCUT2D eigenvalue weighted by molar-refractivity contribution is -0.117. The van der Waals surface area contributed by atoms with Gasteiger partial charge in [-0.05, 0) is 19.3 Å². The van der Waals surface area contributed by atoms with Gasteiger partial charge in [0.05, 0.1) is 11.4 Å². The van der Waals surface area contributed by atoms with Crippen molar-refractivity contribution in [3.8, 4) is 0 Å². The Labute approximate surface area is 114 Å². The monoisotopic (exact) mass is 264 g/mol. The highest BCUT2D eigenvalue weighted by Gasteiger charge is 2.30. The number of aryl methyl sites for hydroxylation is 2. The maximum absolute atomic E-state index is 12.1. The van der Waals surface area contributed by atoms with Gasteiger partial charge in [0, 0.05) is 25.2 Å². The average Bonchev–Trinajstić information content (AvgIpc) is 2.69. The van der Waals surface area contributed by atoms with Crippen molar-refractivity contribution in [1.82, 2.24) is 9.78 Å². The second-order valence-corrected chi connectivity index (χ2v) is 5.66. The number of carbonyl (C=O) groups excluding carboxylic acids is 1. The van der Waals surface area contributed by atoms with Crippen molar-refractivity contribution < 1.29 is 4.79 Å². The number of hydrogen-bond acceptors (Lipinski definition) is 3. The first-order valence-electron chi connectivity index (χ1n) is 7.14. The molecule has 19 heavy (non-hydrogen) atoms. The van der Waals surface area contributed by atoms with E-state index in [4.69, 9.17) is 5.73 Å². The molecule has 0 atom stereocenters. The van der Waals surface area contributed by atoms with Crippen molar-refractivity contribution in [3.63, 3.8) is 0 Å². The highest BCUT2D eigenvalue weighted by molar-refractivity contribution is 5.91. The Morgan fingerprint density at radius 3 is 2.79 bits per heavy atom. The van der Waals surface area contributed by atoms with E-state index < -0.39 is 0 Å². The highest BCUT2D eigenvalue weighted by atomic mass is 16.1. The summed E-state index contributed by atoms with van der Waals surface area (Å²) >= 11 is 0. The van der Waals surface area contributed by atoms with E-state index in [2.05, 4.69) is 10.4 Å². The molecule has 1 amide bonds. The fraction of sp³-hybridized carbons (Fsp3) is 0.714. The minimum atomic E-state index is -0.309. The molecular weight excluding hydrogens is 240 g/mol. The number of nitrogens with two attached hydrogens (primary N) is 1. The second-order valence-electron chi connectivity index (χ2n) is 5.66. The molecule has 1 aromatic heterocycles. The lowest BCUT2D eigenvalue weighted by Crippen LogP contribution is -2.44. The Morgan fingerprint density at radius 1 is 1.47 bits per heavy atom. The molecule has 1 saturated carbocycles.